The molecule has 1 saturated heterocycles. The van der Waals surface area contributed by atoms with Gasteiger partial charge >= 0.3 is 0 Å². The number of aromatic nitrogens is 5. The number of piperidine rings is 1. The fourth-order valence-corrected chi connectivity index (χ4v) is 3.26. The Kier molecular flexibility index (Phi) is 4.03. The van der Waals surface area contributed by atoms with E-state index in [-0.39, 0.29) is 5.69 Å². The van der Waals surface area contributed by atoms with E-state index in [0.717, 1.165) is 25.2 Å². The average molecular weight is 344 g/mol. The first-order valence-corrected chi connectivity index (χ1v) is 8.35. The Balaban J connectivity index is 1.76. The van der Waals surface area contributed by atoms with Crippen molar-refractivity contribution in [1.29, 1.82) is 0 Å². The molecule has 1 aliphatic heterocycles. The summed E-state index contributed by atoms with van der Waals surface area (Å²) in [5.41, 5.74) is 1.41. The number of hydrogen-bond acceptors (Lipinski definition) is 5. The molecule has 4 heterocycles. The van der Waals surface area contributed by atoms with Crippen LogP contribution >= 0.6 is 0 Å². The Morgan fingerprint density at radius 1 is 1.16 bits per heavy atom. The number of alkyl halides is 2. The molecule has 3 aromatic rings. The first-order chi connectivity index (χ1) is 12.1. The number of nitrogens with zero attached hydrogens (tertiary/aromatic N) is 6. The van der Waals surface area contributed by atoms with E-state index in [1.54, 1.807) is 6.20 Å². The quantitative estimate of drug-likeness (QED) is 0.728. The molecule has 1 atom stereocenters. The van der Waals surface area contributed by atoms with Gasteiger partial charge in [0, 0.05) is 18.7 Å². The topological polar surface area (TPSA) is 59.2 Å². The zero-order valence-electron chi connectivity index (χ0n) is 13.8. The van der Waals surface area contributed by atoms with Gasteiger partial charge in [0.25, 0.3) is 6.43 Å². The van der Waals surface area contributed by atoms with Crippen LogP contribution in [0.15, 0.2) is 30.7 Å². The van der Waals surface area contributed by atoms with Crippen molar-refractivity contribution in [1.82, 2.24) is 24.6 Å². The summed E-state index contributed by atoms with van der Waals surface area (Å²) in [5.74, 6) is 0.845. The molecule has 25 heavy (non-hydrogen) atoms. The first kappa shape index (κ1) is 15.9. The lowest BCUT2D eigenvalue weighted by atomic mass is 10.0. The van der Waals surface area contributed by atoms with Crippen molar-refractivity contribution < 1.29 is 8.78 Å². The summed E-state index contributed by atoms with van der Waals surface area (Å²) in [4.78, 5) is 15.2. The van der Waals surface area contributed by atoms with Gasteiger partial charge in [0.1, 0.15) is 23.5 Å². The minimum absolute atomic E-state index is 0.286. The van der Waals surface area contributed by atoms with Crippen LogP contribution in [0.2, 0.25) is 0 Å². The van der Waals surface area contributed by atoms with Crippen molar-refractivity contribution in [3.8, 4) is 11.4 Å². The smallest absolute Gasteiger partial charge is 0.282 e. The molecule has 0 radical (unpaired) electrons. The summed E-state index contributed by atoms with van der Waals surface area (Å²) in [6.07, 6.45) is 3.97. The van der Waals surface area contributed by atoms with Gasteiger partial charge in [-0.25, -0.2) is 28.2 Å². The molecule has 0 aliphatic carbocycles. The third-order valence-electron chi connectivity index (χ3n) is 4.62. The van der Waals surface area contributed by atoms with Crippen LogP contribution < -0.4 is 4.90 Å². The SMILES string of the molecule is C[C@@H]1CCCCN1c1cc(-c2cnc3ccc(C(F)F)nn23)ncn1. The second-order valence-electron chi connectivity index (χ2n) is 6.27. The Morgan fingerprint density at radius 3 is 2.84 bits per heavy atom. The van der Waals surface area contributed by atoms with E-state index in [4.69, 9.17) is 0 Å². The van der Waals surface area contributed by atoms with Crippen LogP contribution in [0, 0.1) is 0 Å². The number of anilines is 1. The van der Waals surface area contributed by atoms with E-state index in [1.807, 2.05) is 6.07 Å². The Hall–Kier alpha value is -2.64. The highest BCUT2D eigenvalue weighted by atomic mass is 19.3. The van der Waals surface area contributed by atoms with Crippen molar-refractivity contribution in [2.45, 2.75) is 38.7 Å². The van der Waals surface area contributed by atoms with Gasteiger partial charge < -0.3 is 4.90 Å². The van der Waals surface area contributed by atoms with E-state index in [1.165, 1.54) is 29.4 Å². The van der Waals surface area contributed by atoms with Gasteiger partial charge in [0.05, 0.1) is 11.9 Å². The molecular weight excluding hydrogens is 326 g/mol. The molecule has 4 rings (SSSR count). The van der Waals surface area contributed by atoms with Crippen molar-refractivity contribution in [2.75, 3.05) is 11.4 Å². The summed E-state index contributed by atoms with van der Waals surface area (Å²) >= 11 is 0. The standard InChI is InChI=1S/C17H18F2N6/c1-11-4-2-3-7-24(11)16-8-13(21-10-22-16)14-9-20-15-6-5-12(17(18)19)23-25(14)15/h5-6,8-11,17H,2-4,7H2,1H3/t11-/m1/s1. The first-order valence-electron chi connectivity index (χ1n) is 8.35. The molecule has 0 N–H and O–H groups in total. The number of fused-ring (bicyclic) bond motifs is 1. The third kappa shape index (κ3) is 2.92. The number of halogens is 2. The van der Waals surface area contributed by atoms with Crippen LogP contribution in [0.3, 0.4) is 0 Å². The highest BCUT2D eigenvalue weighted by molar-refractivity contribution is 5.62. The second kappa shape index (κ2) is 6.34. The predicted molar refractivity (Wildman–Crippen MR) is 89.6 cm³/mol. The fourth-order valence-electron chi connectivity index (χ4n) is 3.26. The molecule has 0 saturated carbocycles. The van der Waals surface area contributed by atoms with E-state index >= 15 is 0 Å². The second-order valence-corrected chi connectivity index (χ2v) is 6.27. The molecule has 6 nitrogen and oxygen atoms in total. The number of imidazole rings is 1. The van der Waals surface area contributed by atoms with Crippen molar-refractivity contribution in [2.24, 2.45) is 0 Å². The molecule has 0 unspecified atom stereocenters. The normalized spacial score (nSPS) is 18.2. The van der Waals surface area contributed by atoms with Gasteiger partial charge in [-0.15, -0.1) is 0 Å². The monoisotopic (exact) mass is 344 g/mol. The van der Waals surface area contributed by atoms with Crippen LogP contribution in [0.25, 0.3) is 17.0 Å². The zero-order valence-corrected chi connectivity index (χ0v) is 13.8. The molecule has 0 aromatic carbocycles. The molecule has 0 amide bonds. The van der Waals surface area contributed by atoms with Crippen LogP contribution in [0.5, 0.6) is 0 Å². The van der Waals surface area contributed by atoms with Crippen molar-refractivity contribution in [3.63, 3.8) is 0 Å². The van der Waals surface area contributed by atoms with Crippen LogP contribution in [-0.4, -0.2) is 37.2 Å². The summed E-state index contributed by atoms with van der Waals surface area (Å²) < 4.78 is 27.3. The summed E-state index contributed by atoms with van der Waals surface area (Å²) in [6, 6.07) is 5.12. The van der Waals surface area contributed by atoms with E-state index < -0.39 is 6.43 Å². The van der Waals surface area contributed by atoms with Gasteiger partial charge in [-0.3, -0.25) is 0 Å². The third-order valence-corrected chi connectivity index (χ3v) is 4.62. The van der Waals surface area contributed by atoms with Crippen LogP contribution in [0.1, 0.15) is 38.3 Å². The zero-order chi connectivity index (χ0) is 17.4. The molecule has 8 heteroatoms. The Bertz CT molecular complexity index is 894. The average Bonchev–Trinajstić information content (AvgIpc) is 3.05. The van der Waals surface area contributed by atoms with Gasteiger partial charge in [-0.05, 0) is 38.3 Å². The molecule has 130 valence electrons. The van der Waals surface area contributed by atoms with E-state index in [0.29, 0.717) is 23.1 Å². The minimum atomic E-state index is -2.63. The lowest BCUT2D eigenvalue weighted by molar-refractivity contribution is 0.144. The maximum absolute atomic E-state index is 13.0. The van der Waals surface area contributed by atoms with Gasteiger partial charge in [-0.2, -0.15) is 5.10 Å². The van der Waals surface area contributed by atoms with Crippen molar-refractivity contribution >= 4 is 11.5 Å². The Morgan fingerprint density at radius 2 is 2.04 bits per heavy atom. The molecule has 0 spiro atoms. The minimum Gasteiger partial charge on any atom is -0.354 e. The highest BCUT2D eigenvalue weighted by Gasteiger charge is 2.21. The lowest BCUT2D eigenvalue weighted by Crippen LogP contribution is -2.38. The van der Waals surface area contributed by atoms with E-state index in [9.17, 15) is 8.78 Å². The molecule has 0 bridgehead atoms. The summed E-state index contributed by atoms with van der Waals surface area (Å²) in [6.45, 7) is 3.14. The largest absolute Gasteiger partial charge is 0.354 e. The van der Waals surface area contributed by atoms with Crippen LogP contribution in [-0.2, 0) is 0 Å². The molecular formula is C17H18F2N6. The fraction of sp³-hybridized carbons (Fsp3) is 0.412. The van der Waals surface area contributed by atoms with Gasteiger partial charge in [-0.1, -0.05) is 0 Å². The number of hydrogen-bond donors (Lipinski definition) is 0. The number of rotatable bonds is 3. The molecule has 1 aliphatic rings. The molecule has 3 aromatic heterocycles. The maximum atomic E-state index is 13.0. The van der Waals surface area contributed by atoms with Gasteiger partial charge in [0.15, 0.2) is 5.65 Å². The maximum Gasteiger partial charge on any atom is 0.282 e. The lowest BCUT2D eigenvalue weighted by Gasteiger charge is -2.34. The molecule has 1 fully saturated rings. The highest BCUT2D eigenvalue weighted by Crippen LogP contribution is 2.26. The Labute approximate surface area is 143 Å². The van der Waals surface area contributed by atoms with Crippen LogP contribution in [0.4, 0.5) is 14.6 Å². The van der Waals surface area contributed by atoms with Gasteiger partial charge in [0.2, 0.25) is 0 Å². The summed E-state index contributed by atoms with van der Waals surface area (Å²) in [5, 5.41) is 4.00. The van der Waals surface area contributed by atoms with Crippen molar-refractivity contribution in [3.05, 3.63) is 36.4 Å². The summed E-state index contributed by atoms with van der Waals surface area (Å²) in [7, 11) is 0. The van der Waals surface area contributed by atoms with E-state index in [2.05, 4.69) is 31.9 Å². The predicted octanol–water partition coefficient (Wildman–Crippen LogP) is 3.50.